The summed E-state index contributed by atoms with van der Waals surface area (Å²) in [6, 6.07) is 0. The molecule has 2 N–H and O–H groups in total. The molecule has 3 unspecified atom stereocenters. The molecule has 4 nitrogen and oxygen atoms in total. The first-order valence-electron chi connectivity index (χ1n) is 7.47. The van der Waals surface area contributed by atoms with E-state index in [1.54, 1.807) is 0 Å². The van der Waals surface area contributed by atoms with Gasteiger partial charge < -0.3 is 15.4 Å². The van der Waals surface area contributed by atoms with Crippen molar-refractivity contribution in [1.82, 2.24) is 9.80 Å². The van der Waals surface area contributed by atoms with Crippen LogP contribution >= 0.6 is 0 Å². The normalized spacial score (nSPS) is 32.8. The van der Waals surface area contributed by atoms with Gasteiger partial charge in [-0.3, -0.25) is 4.90 Å². The summed E-state index contributed by atoms with van der Waals surface area (Å²) in [5, 5.41) is 0. The summed E-state index contributed by atoms with van der Waals surface area (Å²) in [5.74, 6) is 0.621. The van der Waals surface area contributed by atoms with Crippen molar-refractivity contribution in [3.05, 3.63) is 0 Å². The Morgan fingerprint density at radius 1 is 1.17 bits per heavy atom. The number of hydrogen-bond acceptors (Lipinski definition) is 4. The molecule has 0 bridgehead atoms. The van der Waals surface area contributed by atoms with E-state index < -0.39 is 0 Å². The molecule has 0 radical (unpaired) electrons. The minimum Gasteiger partial charge on any atom is -0.374 e. The van der Waals surface area contributed by atoms with Crippen molar-refractivity contribution in [2.45, 2.75) is 38.9 Å². The Balaban J connectivity index is 1.64. The van der Waals surface area contributed by atoms with E-state index in [-0.39, 0.29) is 0 Å². The molecule has 2 rings (SSSR count). The Bertz CT molecular complexity index is 241. The summed E-state index contributed by atoms with van der Waals surface area (Å²) in [5.41, 5.74) is 5.68. The van der Waals surface area contributed by atoms with Crippen molar-refractivity contribution < 1.29 is 4.74 Å². The highest BCUT2D eigenvalue weighted by Crippen LogP contribution is 2.20. The molecule has 0 aromatic rings. The summed E-state index contributed by atoms with van der Waals surface area (Å²) in [7, 11) is 0. The van der Waals surface area contributed by atoms with E-state index in [1.165, 1.54) is 39.0 Å². The number of rotatable bonds is 5. The minimum absolute atomic E-state index is 0.474. The molecule has 18 heavy (non-hydrogen) atoms. The molecule has 106 valence electrons. The van der Waals surface area contributed by atoms with Gasteiger partial charge in [0.25, 0.3) is 0 Å². The molecule has 4 heteroatoms. The Morgan fingerprint density at radius 2 is 1.83 bits per heavy atom. The molecule has 0 aromatic carbocycles. The van der Waals surface area contributed by atoms with E-state index >= 15 is 0 Å². The maximum atomic E-state index is 5.90. The van der Waals surface area contributed by atoms with Crippen molar-refractivity contribution in [3.63, 3.8) is 0 Å². The van der Waals surface area contributed by atoms with Gasteiger partial charge in [-0.2, -0.15) is 0 Å². The topological polar surface area (TPSA) is 41.7 Å². The van der Waals surface area contributed by atoms with Gasteiger partial charge in [-0.15, -0.1) is 0 Å². The van der Waals surface area contributed by atoms with Gasteiger partial charge in [0.05, 0.1) is 12.2 Å². The van der Waals surface area contributed by atoms with Crippen molar-refractivity contribution in [2.24, 2.45) is 11.7 Å². The number of nitrogens with zero attached hydrogens (tertiary/aromatic N) is 2. The summed E-state index contributed by atoms with van der Waals surface area (Å²) < 4.78 is 5.90. The number of piperazine rings is 1. The van der Waals surface area contributed by atoms with E-state index in [0.29, 0.717) is 18.1 Å². The SMILES string of the molecule is CC(CN)CN1CCN(CC2CCC(C)O2)CC1. The Hall–Kier alpha value is -0.160. The van der Waals surface area contributed by atoms with Crippen LogP contribution < -0.4 is 5.73 Å². The molecule has 0 aromatic heterocycles. The Labute approximate surface area is 111 Å². The van der Waals surface area contributed by atoms with E-state index in [2.05, 4.69) is 23.6 Å². The largest absolute Gasteiger partial charge is 0.374 e. The van der Waals surface area contributed by atoms with Crippen LogP contribution in [0.2, 0.25) is 0 Å². The predicted octanol–water partition coefficient (Wildman–Crippen LogP) is 0.766. The summed E-state index contributed by atoms with van der Waals surface area (Å²) in [6.45, 7) is 12.3. The molecular weight excluding hydrogens is 226 g/mol. The summed E-state index contributed by atoms with van der Waals surface area (Å²) in [4.78, 5) is 5.11. The van der Waals surface area contributed by atoms with Crippen LogP contribution in [0.5, 0.6) is 0 Å². The van der Waals surface area contributed by atoms with Gasteiger partial charge >= 0.3 is 0 Å². The van der Waals surface area contributed by atoms with Crippen LogP contribution in [0, 0.1) is 5.92 Å². The highest BCUT2D eigenvalue weighted by atomic mass is 16.5. The quantitative estimate of drug-likeness (QED) is 0.788. The van der Waals surface area contributed by atoms with Crippen LogP contribution in [0.4, 0.5) is 0 Å². The molecule has 0 aliphatic carbocycles. The van der Waals surface area contributed by atoms with E-state index in [1.807, 2.05) is 0 Å². The zero-order valence-electron chi connectivity index (χ0n) is 12.0. The molecular formula is C14H29N3O. The second-order valence-electron chi connectivity index (χ2n) is 6.09. The molecule has 0 spiro atoms. The molecule has 0 amide bonds. The molecule has 2 aliphatic heterocycles. The lowest BCUT2D eigenvalue weighted by Crippen LogP contribution is -2.49. The maximum Gasteiger partial charge on any atom is 0.0706 e. The first kappa shape index (κ1) is 14.3. The first-order valence-corrected chi connectivity index (χ1v) is 7.47. The lowest BCUT2D eigenvalue weighted by molar-refractivity contribution is 0.0181. The van der Waals surface area contributed by atoms with E-state index in [9.17, 15) is 0 Å². The highest BCUT2D eigenvalue weighted by molar-refractivity contribution is 4.79. The third-order valence-electron chi connectivity index (χ3n) is 4.22. The third kappa shape index (κ3) is 4.19. The van der Waals surface area contributed by atoms with Gasteiger partial charge in [0.15, 0.2) is 0 Å². The van der Waals surface area contributed by atoms with Gasteiger partial charge in [-0.05, 0) is 32.2 Å². The van der Waals surface area contributed by atoms with Gasteiger partial charge in [0, 0.05) is 39.3 Å². The summed E-state index contributed by atoms with van der Waals surface area (Å²) >= 11 is 0. The van der Waals surface area contributed by atoms with E-state index in [4.69, 9.17) is 10.5 Å². The molecule has 2 fully saturated rings. The van der Waals surface area contributed by atoms with E-state index in [0.717, 1.165) is 19.6 Å². The number of nitrogens with two attached hydrogens (primary N) is 1. The van der Waals surface area contributed by atoms with Crippen LogP contribution in [0.25, 0.3) is 0 Å². The number of ether oxygens (including phenoxy) is 1. The molecule has 0 saturated carbocycles. The fourth-order valence-electron chi connectivity index (χ4n) is 2.98. The van der Waals surface area contributed by atoms with Crippen LogP contribution in [-0.2, 0) is 4.74 Å². The standard InChI is InChI=1S/C14H29N3O/c1-12(9-15)10-16-5-7-17(8-6-16)11-14-4-3-13(2)18-14/h12-14H,3-11,15H2,1-2H3. The monoisotopic (exact) mass is 255 g/mol. The third-order valence-corrected chi connectivity index (χ3v) is 4.22. The lowest BCUT2D eigenvalue weighted by atomic mass is 10.1. The molecule has 2 saturated heterocycles. The number of hydrogen-bond donors (Lipinski definition) is 1. The molecule has 2 aliphatic rings. The zero-order valence-corrected chi connectivity index (χ0v) is 12.0. The van der Waals surface area contributed by atoms with Crippen LogP contribution in [-0.4, -0.2) is 67.8 Å². The minimum atomic E-state index is 0.474. The maximum absolute atomic E-state index is 5.90. The van der Waals surface area contributed by atoms with Crippen LogP contribution in [0.15, 0.2) is 0 Å². The Kier molecular flexibility index (Phi) is 5.42. The molecule has 2 heterocycles. The van der Waals surface area contributed by atoms with Crippen molar-refractivity contribution >= 4 is 0 Å². The second-order valence-corrected chi connectivity index (χ2v) is 6.09. The first-order chi connectivity index (χ1) is 8.67. The van der Waals surface area contributed by atoms with Crippen LogP contribution in [0.3, 0.4) is 0 Å². The fraction of sp³-hybridized carbons (Fsp3) is 1.00. The van der Waals surface area contributed by atoms with Crippen molar-refractivity contribution in [1.29, 1.82) is 0 Å². The predicted molar refractivity (Wildman–Crippen MR) is 74.7 cm³/mol. The summed E-state index contributed by atoms with van der Waals surface area (Å²) in [6.07, 6.45) is 3.43. The van der Waals surface area contributed by atoms with Crippen LogP contribution in [0.1, 0.15) is 26.7 Å². The smallest absolute Gasteiger partial charge is 0.0706 e. The average molecular weight is 255 g/mol. The highest BCUT2D eigenvalue weighted by Gasteiger charge is 2.26. The van der Waals surface area contributed by atoms with Gasteiger partial charge in [-0.1, -0.05) is 6.92 Å². The van der Waals surface area contributed by atoms with Gasteiger partial charge in [-0.25, -0.2) is 0 Å². The lowest BCUT2D eigenvalue weighted by Gasteiger charge is -2.36. The van der Waals surface area contributed by atoms with Crippen molar-refractivity contribution in [2.75, 3.05) is 45.8 Å². The molecule has 3 atom stereocenters. The van der Waals surface area contributed by atoms with Gasteiger partial charge in [0.1, 0.15) is 0 Å². The fourth-order valence-corrected chi connectivity index (χ4v) is 2.98. The second kappa shape index (κ2) is 6.85. The zero-order chi connectivity index (χ0) is 13.0. The Morgan fingerprint density at radius 3 is 2.39 bits per heavy atom. The van der Waals surface area contributed by atoms with Crippen molar-refractivity contribution in [3.8, 4) is 0 Å². The average Bonchev–Trinajstić information content (AvgIpc) is 2.77. The van der Waals surface area contributed by atoms with Gasteiger partial charge in [0.2, 0.25) is 0 Å².